The summed E-state index contributed by atoms with van der Waals surface area (Å²) < 4.78 is 23.5. The number of rotatable bonds is 9. The zero-order chi connectivity index (χ0) is 23.9. The molecule has 10 nitrogen and oxygen atoms in total. The first kappa shape index (κ1) is 23.0. The van der Waals surface area contributed by atoms with Crippen molar-refractivity contribution in [2.24, 2.45) is 0 Å². The minimum Gasteiger partial charge on any atom is -0.497 e. The van der Waals surface area contributed by atoms with Gasteiger partial charge in [0, 0.05) is 19.6 Å². The van der Waals surface area contributed by atoms with Crippen molar-refractivity contribution in [3.8, 4) is 17.4 Å². The molecule has 0 fully saturated rings. The number of nitrogen functional groups attached to an aromatic ring is 1. The maximum atomic E-state index is 5.93. The molecule has 0 radical (unpaired) electrons. The largest absolute Gasteiger partial charge is 0.497 e. The van der Waals surface area contributed by atoms with Crippen LogP contribution in [0.1, 0.15) is 11.4 Å². The first-order valence-corrected chi connectivity index (χ1v) is 10.5. The Balaban J connectivity index is 1.52. The molecule has 0 aliphatic heterocycles. The van der Waals surface area contributed by atoms with Crippen molar-refractivity contribution in [3.05, 3.63) is 83.7 Å². The Hall–Kier alpha value is -4.18. The summed E-state index contributed by atoms with van der Waals surface area (Å²) in [5, 5.41) is 4.32. The second-order valence-electron chi connectivity index (χ2n) is 7.37. The van der Waals surface area contributed by atoms with Gasteiger partial charge in [-0.15, -0.1) is 5.10 Å². The molecule has 1 atom stereocenters. The first-order chi connectivity index (χ1) is 16.6. The van der Waals surface area contributed by atoms with Crippen LogP contribution in [0.2, 0.25) is 0 Å². The van der Waals surface area contributed by atoms with Gasteiger partial charge in [0.1, 0.15) is 30.3 Å². The van der Waals surface area contributed by atoms with Crippen LogP contribution in [-0.4, -0.2) is 52.2 Å². The highest BCUT2D eigenvalue weighted by molar-refractivity contribution is 5.37. The molecular weight excluding hydrogens is 436 g/mol. The SMILES string of the molecule is COC1=CC(OC)C=C(Cc2nc(N)nn2-c2cc(OCc3ccc(OC)cc3)ncn2)C=C1. The molecule has 176 valence electrons. The van der Waals surface area contributed by atoms with Crippen LogP contribution in [0.4, 0.5) is 5.95 Å². The van der Waals surface area contributed by atoms with Crippen molar-refractivity contribution < 1.29 is 18.9 Å². The molecule has 0 spiro atoms. The smallest absolute Gasteiger partial charge is 0.240 e. The molecular formula is C24H26N6O4. The topological polar surface area (TPSA) is 119 Å². The summed E-state index contributed by atoms with van der Waals surface area (Å²) in [7, 11) is 4.89. The van der Waals surface area contributed by atoms with Gasteiger partial charge >= 0.3 is 0 Å². The summed E-state index contributed by atoms with van der Waals surface area (Å²) in [6.45, 7) is 0.345. The standard InChI is InChI=1S/C24H26N6O4/c1-31-18-7-4-16(5-8-18)14-34-23-13-21(26-15-27-23)30-22(28-24(25)29-30)11-17-6-9-19(32-2)12-20(10-17)33-3/h4-10,12-13,15,20H,11,14H2,1-3H3,(H2,25,29). The van der Waals surface area contributed by atoms with Gasteiger partial charge in [-0.3, -0.25) is 0 Å². The van der Waals surface area contributed by atoms with E-state index >= 15 is 0 Å². The van der Waals surface area contributed by atoms with E-state index < -0.39 is 0 Å². The quantitative estimate of drug-likeness (QED) is 0.512. The summed E-state index contributed by atoms with van der Waals surface area (Å²) in [6, 6.07) is 9.32. The fraction of sp³-hybridized carbons (Fsp3) is 0.250. The van der Waals surface area contributed by atoms with E-state index in [4.69, 9.17) is 24.7 Å². The Bertz CT molecular complexity index is 1220. The van der Waals surface area contributed by atoms with Gasteiger partial charge in [0.2, 0.25) is 11.8 Å². The van der Waals surface area contributed by atoms with Gasteiger partial charge in [-0.25, -0.2) is 9.97 Å². The minimum absolute atomic E-state index is 0.145. The van der Waals surface area contributed by atoms with Gasteiger partial charge in [-0.05, 0) is 41.5 Å². The van der Waals surface area contributed by atoms with Crippen LogP contribution in [0, 0.1) is 0 Å². The van der Waals surface area contributed by atoms with Crippen molar-refractivity contribution in [2.45, 2.75) is 19.1 Å². The van der Waals surface area contributed by atoms with Crippen molar-refractivity contribution in [3.63, 3.8) is 0 Å². The van der Waals surface area contributed by atoms with Gasteiger partial charge in [-0.2, -0.15) is 9.67 Å². The van der Waals surface area contributed by atoms with E-state index in [0.717, 1.165) is 16.9 Å². The fourth-order valence-corrected chi connectivity index (χ4v) is 3.36. The lowest BCUT2D eigenvalue weighted by molar-refractivity contribution is 0.172. The Morgan fingerprint density at radius 1 is 1.00 bits per heavy atom. The fourth-order valence-electron chi connectivity index (χ4n) is 3.36. The molecule has 2 aromatic heterocycles. The van der Waals surface area contributed by atoms with Crippen LogP contribution in [0.25, 0.3) is 5.82 Å². The third-order valence-corrected chi connectivity index (χ3v) is 5.12. The zero-order valence-corrected chi connectivity index (χ0v) is 19.2. The van der Waals surface area contributed by atoms with Crippen LogP contribution in [-0.2, 0) is 22.5 Å². The average molecular weight is 463 g/mol. The van der Waals surface area contributed by atoms with E-state index in [-0.39, 0.29) is 12.1 Å². The maximum Gasteiger partial charge on any atom is 0.240 e. The first-order valence-electron chi connectivity index (χ1n) is 10.5. The van der Waals surface area contributed by atoms with E-state index in [0.29, 0.717) is 36.3 Å². The predicted molar refractivity (Wildman–Crippen MR) is 126 cm³/mol. The minimum atomic E-state index is -0.231. The van der Waals surface area contributed by atoms with Crippen molar-refractivity contribution in [1.29, 1.82) is 0 Å². The molecule has 1 aliphatic rings. The molecule has 4 rings (SSSR count). The number of hydrogen-bond donors (Lipinski definition) is 1. The van der Waals surface area contributed by atoms with Crippen LogP contribution in [0.15, 0.2) is 72.3 Å². The maximum absolute atomic E-state index is 5.93. The molecule has 10 heteroatoms. The number of aromatic nitrogens is 5. The van der Waals surface area contributed by atoms with Crippen LogP contribution < -0.4 is 15.2 Å². The van der Waals surface area contributed by atoms with Gasteiger partial charge in [-0.1, -0.05) is 18.2 Å². The second kappa shape index (κ2) is 10.6. The van der Waals surface area contributed by atoms with E-state index in [1.54, 1.807) is 32.1 Å². The Morgan fingerprint density at radius 2 is 1.82 bits per heavy atom. The lowest BCUT2D eigenvalue weighted by Crippen LogP contribution is -2.09. The summed E-state index contributed by atoms with van der Waals surface area (Å²) >= 11 is 0. The summed E-state index contributed by atoms with van der Waals surface area (Å²) in [5.74, 6) is 3.16. The summed E-state index contributed by atoms with van der Waals surface area (Å²) in [4.78, 5) is 12.9. The molecule has 1 aromatic carbocycles. The number of anilines is 1. The monoisotopic (exact) mass is 462 g/mol. The highest BCUT2D eigenvalue weighted by Crippen LogP contribution is 2.20. The van der Waals surface area contributed by atoms with Gasteiger partial charge < -0.3 is 24.7 Å². The number of hydrogen-bond acceptors (Lipinski definition) is 9. The second-order valence-corrected chi connectivity index (χ2v) is 7.37. The number of nitrogens with two attached hydrogens (primary N) is 1. The number of nitrogens with zero attached hydrogens (tertiary/aromatic N) is 5. The van der Waals surface area contributed by atoms with Crippen LogP contribution in [0.5, 0.6) is 11.6 Å². The highest BCUT2D eigenvalue weighted by Gasteiger charge is 2.16. The third kappa shape index (κ3) is 5.59. The highest BCUT2D eigenvalue weighted by atomic mass is 16.5. The van der Waals surface area contributed by atoms with Gasteiger partial charge in [0.15, 0.2) is 5.82 Å². The van der Waals surface area contributed by atoms with E-state index in [2.05, 4.69) is 20.1 Å². The van der Waals surface area contributed by atoms with Gasteiger partial charge in [0.25, 0.3) is 0 Å². The number of allylic oxidation sites excluding steroid dienone is 3. The van der Waals surface area contributed by atoms with Gasteiger partial charge in [0.05, 0.1) is 20.3 Å². The lowest BCUT2D eigenvalue weighted by Gasteiger charge is -2.10. The van der Waals surface area contributed by atoms with Crippen LogP contribution >= 0.6 is 0 Å². The molecule has 34 heavy (non-hydrogen) atoms. The number of methoxy groups -OCH3 is 3. The van der Waals surface area contributed by atoms with Crippen molar-refractivity contribution in [1.82, 2.24) is 24.7 Å². The van der Waals surface area contributed by atoms with E-state index in [1.165, 1.54) is 6.33 Å². The van der Waals surface area contributed by atoms with E-state index in [1.807, 2.05) is 48.6 Å². The summed E-state index contributed by atoms with van der Waals surface area (Å²) in [5.41, 5.74) is 7.87. The van der Waals surface area contributed by atoms with Crippen LogP contribution in [0.3, 0.4) is 0 Å². The van der Waals surface area contributed by atoms with Crippen molar-refractivity contribution in [2.75, 3.05) is 27.1 Å². The molecule has 0 saturated carbocycles. The zero-order valence-electron chi connectivity index (χ0n) is 19.2. The molecule has 2 N–H and O–H groups in total. The number of ether oxygens (including phenoxy) is 4. The Labute approximate surface area is 197 Å². The average Bonchev–Trinajstić information content (AvgIpc) is 3.11. The summed E-state index contributed by atoms with van der Waals surface area (Å²) in [6.07, 6.45) is 9.35. The normalized spacial score (nSPS) is 15.3. The number of benzene rings is 1. The molecule has 1 aliphatic carbocycles. The molecule has 0 saturated heterocycles. The molecule has 1 unspecified atom stereocenters. The third-order valence-electron chi connectivity index (χ3n) is 5.12. The molecule has 2 heterocycles. The predicted octanol–water partition coefficient (Wildman–Crippen LogP) is 2.81. The Morgan fingerprint density at radius 3 is 2.56 bits per heavy atom. The molecule has 3 aromatic rings. The lowest BCUT2D eigenvalue weighted by atomic mass is 10.1. The van der Waals surface area contributed by atoms with Crippen molar-refractivity contribution >= 4 is 5.95 Å². The molecule has 0 amide bonds. The van der Waals surface area contributed by atoms with E-state index in [9.17, 15) is 0 Å². The molecule has 0 bridgehead atoms. The Kier molecular flexibility index (Phi) is 7.19.